The van der Waals surface area contributed by atoms with E-state index in [1.807, 2.05) is 11.6 Å². The van der Waals surface area contributed by atoms with Crippen molar-refractivity contribution in [1.82, 2.24) is 34.0 Å². The number of nitrogens with zero attached hydrogens (tertiary/aromatic N) is 9. The number of halogens is 2. The number of aryl methyl sites for hydroxylation is 1. The Morgan fingerprint density at radius 2 is 1.66 bits per heavy atom. The van der Waals surface area contributed by atoms with Gasteiger partial charge >= 0.3 is 0 Å². The van der Waals surface area contributed by atoms with E-state index in [1.54, 1.807) is 41.3 Å². The number of piperazine rings is 1. The topological polar surface area (TPSA) is 91.2 Å². The predicted molar refractivity (Wildman–Crippen MR) is 137 cm³/mol. The number of fused-ring (bicyclic) bond motifs is 3. The average molecular weight is 514 g/mol. The summed E-state index contributed by atoms with van der Waals surface area (Å²) < 4.78 is 31.4. The van der Waals surface area contributed by atoms with Crippen LogP contribution in [0.3, 0.4) is 0 Å². The molecule has 0 unspecified atom stereocenters. The van der Waals surface area contributed by atoms with Crippen molar-refractivity contribution in [2.75, 3.05) is 18.0 Å². The smallest absolute Gasteiger partial charge is 0.258 e. The van der Waals surface area contributed by atoms with E-state index >= 15 is 0 Å². The molecule has 5 aromatic rings. The molecular formula is C27H25F2N9. The highest BCUT2D eigenvalue weighted by atomic mass is 19.1. The van der Waals surface area contributed by atoms with Gasteiger partial charge in [0.25, 0.3) is 5.78 Å². The molecule has 1 aliphatic heterocycles. The summed E-state index contributed by atoms with van der Waals surface area (Å²) in [6.45, 7) is 3.20. The zero-order valence-electron chi connectivity index (χ0n) is 20.9. The minimum absolute atomic E-state index is 0.0172. The third kappa shape index (κ3) is 4.03. The Morgan fingerprint density at radius 1 is 1.00 bits per heavy atom. The van der Waals surface area contributed by atoms with Gasteiger partial charge in [0.15, 0.2) is 11.5 Å². The number of benzene rings is 2. The Kier molecular flexibility index (Phi) is 5.96. The molecule has 1 fully saturated rings. The first-order valence-electron chi connectivity index (χ1n) is 12.4. The molecule has 9 nitrogen and oxygen atoms in total. The van der Waals surface area contributed by atoms with Crippen LogP contribution in [0.1, 0.15) is 30.5 Å². The van der Waals surface area contributed by atoms with Crippen LogP contribution in [0, 0.1) is 23.0 Å². The number of hydrogen-bond acceptors (Lipinski definition) is 7. The van der Waals surface area contributed by atoms with Gasteiger partial charge in [-0.05, 0) is 42.3 Å². The zero-order chi connectivity index (χ0) is 26.4. The molecule has 0 spiro atoms. The van der Waals surface area contributed by atoms with E-state index in [9.17, 15) is 14.0 Å². The lowest BCUT2D eigenvalue weighted by Crippen LogP contribution is -2.58. The average Bonchev–Trinajstić information content (AvgIpc) is 3.54. The first-order chi connectivity index (χ1) is 18.4. The fourth-order valence-corrected chi connectivity index (χ4v) is 5.50. The molecule has 2 atom stereocenters. The minimum Gasteiger partial charge on any atom is -0.349 e. The van der Waals surface area contributed by atoms with Crippen molar-refractivity contribution >= 4 is 22.8 Å². The Morgan fingerprint density at radius 3 is 2.29 bits per heavy atom. The third-order valence-electron chi connectivity index (χ3n) is 7.27. The fourth-order valence-electron chi connectivity index (χ4n) is 5.50. The number of nitriles is 1. The van der Waals surface area contributed by atoms with Crippen molar-refractivity contribution in [1.29, 1.82) is 5.26 Å². The van der Waals surface area contributed by atoms with Crippen molar-refractivity contribution in [2.24, 2.45) is 7.05 Å². The molecule has 1 saturated heterocycles. The van der Waals surface area contributed by atoms with Gasteiger partial charge in [0.05, 0.1) is 24.9 Å². The van der Waals surface area contributed by atoms with E-state index in [0.717, 1.165) is 22.3 Å². The van der Waals surface area contributed by atoms with Crippen molar-refractivity contribution in [3.05, 3.63) is 83.9 Å². The quantitative estimate of drug-likeness (QED) is 0.352. The molecule has 0 bridgehead atoms. The Balaban J connectivity index is 1.43. The zero-order valence-corrected chi connectivity index (χ0v) is 20.9. The van der Waals surface area contributed by atoms with E-state index in [2.05, 4.69) is 38.0 Å². The van der Waals surface area contributed by atoms with Crippen LogP contribution in [-0.2, 0) is 7.05 Å². The fraction of sp³-hybridized carbons (Fsp3) is 0.296. The lowest BCUT2D eigenvalue weighted by molar-refractivity contribution is 0.121. The number of anilines is 1. The summed E-state index contributed by atoms with van der Waals surface area (Å²) in [5, 5.41) is 18.0. The van der Waals surface area contributed by atoms with E-state index in [0.29, 0.717) is 24.7 Å². The molecule has 192 valence electrons. The molecule has 0 radical (unpaired) electrons. The molecule has 4 heterocycles. The molecule has 0 amide bonds. The maximum atomic E-state index is 13.8. The van der Waals surface area contributed by atoms with Crippen molar-refractivity contribution in [3.8, 4) is 6.07 Å². The summed E-state index contributed by atoms with van der Waals surface area (Å²) >= 11 is 0. The largest absolute Gasteiger partial charge is 0.349 e. The highest BCUT2D eigenvalue weighted by Crippen LogP contribution is 2.36. The second kappa shape index (κ2) is 9.46. The van der Waals surface area contributed by atoms with Crippen molar-refractivity contribution in [2.45, 2.75) is 31.5 Å². The predicted octanol–water partition coefficient (Wildman–Crippen LogP) is 3.87. The first kappa shape index (κ1) is 23.9. The Bertz CT molecular complexity index is 1590. The molecule has 2 aromatic carbocycles. The molecule has 0 saturated carbocycles. The van der Waals surface area contributed by atoms with Gasteiger partial charge in [-0.2, -0.15) is 10.2 Å². The molecular weight excluding hydrogens is 488 g/mol. The first-order valence-corrected chi connectivity index (χ1v) is 12.4. The second-order valence-corrected chi connectivity index (χ2v) is 9.68. The van der Waals surface area contributed by atoms with Gasteiger partial charge < -0.3 is 9.47 Å². The Labute approximate surface area is 217 Å². The van der Waals surface area contributed by atoms with Gasteiger partial charge in [0.1, 0.15) is 23.5 Å². The Hall–Kier alpha value is -4.43. The number of imidazole rings is 1. The highest BCUT2D eigenvalue weighted by Gasteiger charge is 2.38. The normalized spacial score (nSPS) is 18.5. The summed E-state index contributed by atoms with van der Waals surface area (Å²) in [5.41, 5.74) is 3.30. The highest BCUT2D eigenvalue weighted by molar-refractivity contribution is 5.86. The van der Waals surface area contributed by atoms with Crippen LogP contribution >= 0.6 is 0 Å². The summed E-state index contributed by atoms with van der Waals surface area (Å²) in [7, 11) is 1.91. The monoisotopic (exact) mass is 513 g/mol. The molecule has 38 heavy (non-hydrogen) atoms. The van der Waals surface area contributed by atoms with Crippen LogP contribution in [0.4, 0.5) is 14.6 Å². The maximum Gasteiger partial charge on any atom is 0.258 e. The lowest BCUT2D eigenvalue weighted by atomic mass is 9.92. The van der Waals surface area contributed by atoms with Gasteiger partial charge in [0, 0.05) is 32.2 Å². The molecule has 11 heteroatoms. The third-order valence-corrected chi connectivity index (χ3v) is 7.27. The molecule has 1 aliphatic rings. The van der Waals surface area contributed by atoms with Crippen LogP contribution in [-0.4, -0.2) is 59.2 Å². The van der Waals surface area contributed by atoms with Gasteiger partial charge in [-0.15, -0.1) is 10.2 Å². The van der Waals surface area contributed by atoms with E-state index in [-0.39, 0.29) is 36.2 Å². The molecule has 0 N–H and O–H groups in total. The summed E-state index contributed by atoms with van der Waals surface area (Å²) in [4.78, 5) is 13.9. The van der Waals surface area contributed by atoms with Crippen LogP contribution in [0.5, 0.6) is 0 Å². The van der Waals surface area contributed by atoms with Crippen molar-refractivity contribution in [3.63, 3.8) is 0 Å². The van der Waals surface area contributed by atoms with Crippen LogP contribution in [0.2, 0.25) is 0 Å². The maximum absolute atomic E-state index is 13.8. The van der Waals surface area contributed by atoms with Gasteiger partial charge in [-0.1, -0.05) is 24.3 Å². The van der Waals surface area contributed by atoms with Crippen molar-refractivity contribution < 1.29 is 8.78 Å². The molecule has 0 aliphatic carbocycles. The minimum atomic E-state index is -0.326. The standard InChI is InChI=1S/C27H25F2N9/c1-17-13-37(24(18-3-7-20(28)8-4-18)19-5-9-21(29)10-6-19)22(11-12-30)14-36(17)25-23-26(35(2)15-31-23)38-16-32-34-27(38)33-25/h3-10,15-17,22,24H,11,13-14H2,1-2H3/t17-,22+/m0/s1. The number of aromatic nitrogens is 6. The number of hydrogen-bond donors (Lipinski definition) is 0. The summed E-state index contributed by atoms with van der Waals surface area (Å²) in [5.74, 6) is 0.509. The van der Waals surface area contributed by atoms with Crippen LogP contribution in [0.15, 0.2) is 61.2 Å². The molecule has 3 aromatic heterocycles. The van der Waals surface area contributed by atoms with Crippen LogP contribution in [0.25, 0.3) is 16.9 Å². The number of rotatable bonds is 5. The van der Waals surface area contributed by atoms with Gasteiger partial charge in [-0.25, -0.2) is 18.2 Å². The second-order valence-electron chi connectivity index (χ2n) is 9.68. The van der Waals surface area contributed by atoms with Crippen LogP contribution < -0.4 is 4.90 Å². The van der Waals surface area contributed by atoms with Gasteiger partial charge in [0.2, 0.25) is 0 Å². The summed E-state index contributed by atoms with van der Waals surface area (Å²) in [6, 6.07) is 14.6. The lowest BCUT2D eigenvalue weighted by Gasteiger charge is -2.48. The van der Waals surface area contributed by atoms with Gasteiger partial charge in [-0.3, -0.25) is 4.90 Å². The summed E-state index contributed by atoms with van der Waals surface area (Å²) in [6.07, 6.45) is 3.62. The van der Waals surface area contributed by atoms with E-state index in [4.69, 9.17) is 4.98 Å². The molecule has 6 rings (SSSR count). The SMILES string of the molecule is C[C@H]1CN(C(c2ccc(F)cc2)c2ccc(F)cc2)[C@H](CC#N)CN1c1nc2nncn2c2c1ncn2C. The van der Waals surface area contributed by atoms with E-state index in [1.165, 1.54) is 24.3 Å². The van der Waals surface area contributed by atoms with E-state index < -0.39 is 0 Å².